The largest absolute Gasteiger partial charge is 0.508 e. The van der Waals surface area contributed by atoms with E-state index in [1.165, 1.54) is 13.2 Å². The van der Waals surface area contributed by atoms with Crippen LogP contribution in [0.25, 0.3) is 21.8 Å². The van der Waals surface area contributed by atoms with E-state index in [0.717, 1.165) is 16.3 Å². The molecule has 5 rings (SSSR count). The quantitative estimate of drug-likeness (QED) is 0.106. The summed E-state index contributed by atoms with van der Waals surface area (Å²) in [5.41, 5.74) is 2.29. The van der Waals surface area contributed by atoms with Crippen LogP contribution >= 0.6 is 0 Å². The molecule has 3 atom stereocenters. The summed E-state index contributed by atoms with van der Waals surface area (Å²) in [6, 6.07) is 6.78. The van der Waals surface area contributed by atoms with Crippen LogP contribution in [0.5, 0.6) is 5.75 Å². The third-order valence-electron chi connectivity index (χ3n) is 7.86. The number of aliphatic hydroxyl groups is 1. The van der Waals surface area contributed by atoms with E-state index in [0.29, 0.717) is 35.4 Å². The highest BCUT2D eigenvalue weighted by molar-refractivity contribution is 8.56. The van der Waals surface area contributed by atoms with Crippen molar-refractivity contribution in [1.82, 2.24) is 15.3 Å². The second-order valence-electron chi connectivity index (χ2n) is 11.3. The maximum atomic E-state index is 13.3. The van der Waals surface area contributed by atoms with Crippen LogP contribution < -0.4 is 5.32 Å². The summed E-state index contributed by atoms with van der Waals surface area (Å²) in [4.78, 5) is 46.5. The molecule has 0 fully saturated rings. The van der Waals surface area contributed by atoms with Crippen molar-refractivity contribution in [2.24, 2.45) is 5.92 Å². The van der Waals surface area contributed by atoms with E-state index in [9.17, 15) is 24.6 Å². The lowest BCUT2D eigenvalue weighted by Gasteiger charge is -2.28. The molecule has 0 saturated carbocycles. The van der Waals surface area contributed by atoms with Gasteiger partial charge in [0.05, 0.1) is 30.3 Å². The van der Waals surface area contributed by atoms with Gasteiger partial charge in [-0.3, -0.25) is 19.9 Å². The first-order chi connectivity index (χ1) is 23.0. The Morgan fingerprint density at radius 3 is 2.75 bits per heavy atom. The van der Waals surface area contributed by atoms with Crippen LogP contribution in [0, 0.1) is 29.6 Å². The van der Waals surface area contributed by atoms with Crippen LogP contribution in [0.2, 0.25) is 0 Å². The van der Waals surface area contributed by atoms with E-state index in [4.69, 9.17) is 31.8 Å². The molecule has 0 spiro atoms. The number of aromatic amines is 1. The Balaban J connectivity index is 1.38. The highest BCUT2D eigenvalue weighted by atomic mass is 33.1. The molecule has 1 amide bonds. The molecule has 2 aliphatic rings. The number of fused-ring (bicyclic) bond motifs is 4. The Kier molecular flexibility index (Phi) is 11.1. The molecule has 0 radical (unpaired) electrons. The number of aromatic hydroxyl groups is 1. The van der Waals surface area contributed by atoms with Crippen molar-refractivity contribution in [3.8, 4) is 29.4 Å². The standard InChI is InChI=1S/C35H33N3O7S3/c1-44-35(43)38-32-24-9-5-3-4-6-11-30(31(24)23(15-18-48(2,46)47)28(41)20-29(32)42)45-17-8-7-10-27(40)34-33-22(14-16-36-34)25-19-21(39)12-13-26(25)37-33/h3-4,12-16,19,28,30-31,37,39,41H,7-8,10,17-18,20H2,1-2H3,(H,38,43)/b4-3-,23-15-/t28-,30-,31?/m0/s1. The number of benzene rings is 1. The monoisotopic (exact) mass is 703 g/mol. The second-order valence-corrected chi connectivity index (χ2v) is 18.6. The van der Waals surface area contributed by atoms with Gasteiger partial charge in [0.15, 0.2) is 11.6 Å². The number of aliphatic hydroxyl groups excluding tert-OH is 1. The van der Waals surface area contributed by atoms with Crippen molar-refractivity contribution in [3.05, 3.63) is 71.2 Å². The fourth-order valence-corrected chi connectivity index (χ4v) is 6.54. The number of Topliss-reactive ketones (excluding diaryl/α,β-unsaturated/α-hetero) is 2. The van der Waals surface area contributed by atoms with Crippen LogP contribution in [0.3, 0.4) is 0 Å². The zero-order valence-electron chi connectivity index (χ0n) is 26.2. The number of hydrogen-bond donors (Lipinski definition) is 4. The number of nitrogens with one attached hydrogen (secondary N) is 2. The Labute approximate surface area is 287 Å². The summed E-state index contributed by atoms with van der Waals surface area (Å²) >= 11 is 10.9. The molecule has 4 N–H and O–H groups in total. The van der Waals surface area contributed by atoms with E-state index >= 15 is 0 Å². The van der Waals surface area contributed by atoms with Crippen molar-refractivity contribution in [2.75, 3.05) is 25.7 Å². The predicted molar refractivity (Wildman–Crippen MR) is 191 cm³/mol. The molecule has 0 saturated heterocycles. The molecule has 2 aliphatic carbocycles. The fourth-order valence-electron chi connectivity index (χ4n) is 5.64. The number of methoxy groups -OCH3 is 1. The topological polar surface area (TPSA) is 151 Å². The number of carbonyl (C=O) groups excluding carboxylic acids is 3. The predicted octanol–water partition coefficient (Wildman–Crippen LogP) is 3.93. The molecule has 13 heteroatoms. The van der Waals surface area contributed by atoms with E-state index < -0.39 is 37.1 Å². The van der Waals surface area contributed by atoms with Gasteiger partial charge >= 0.3 is 6.09 Å². The first-order valence-electron chi connectivity index (χ1n) is 15.1. The highest BCUT2D eigenvalue weighted by Gasteiger charge is 2.39. The average molecular weight is 704 g/mol. The summed E-state index contributed by atoms with van der Waals surface area (Å²) < 4.78 is 11.1. The van der Waals surface area contributed by atoms with Crippen molar-refractivity contribution >= 4 is 69.0 Å². The van der Waals surface area contributed by atoms with Gasteiger partial charge in [-0.15, -0.1) is 0 Å². The molecular formula is C35H33N3O7S3. The van der Waals surface area contributed by atoms with E-state index in [2.05, 4.69) is 39.0 Å². The number of alkyl carbamates (subject to hydrolysis) is 1. The Bertz CT molecular complexity index is 2130. The Morgan fingerprint density at radius 1 is 1.19 bits per heavy atom. The van der Waals surface area contributed by atoms with Crippen molar-refractivity contribution in [2.45, 2.75) is 37.9 Å². The molecule has 2 heterocycles. The number of aromatic nitrogens is 2. The van der Waals surface area contributed by atoms with Gasteiger partial charge in [-0.25, -0.2) is 4.79 Å². The number of phenols is 1. The average Bonchev–Trinajstić information content (AvgIpc) is 3.41. The third-order valence-corrected chi connectivity index (χ3v) is 9.45. The van der Waals surface area contributed by atoms with E-state index in [1.807, 2.05) is 0 Å². The second kappa shape index (κ2) is 15.2. The summed E-state index contributed by atoms with van der Waals surface area (Å²) in [6.45, 7) is 0.193. The number of pyridine rings is 1. The smallest absolute Gasteiger partial charge is 0.411 e. The molecule has 0 bridgehead atoms. The highest BCUT2D eigenvalue weighted by Crippen LogP contribution is 2.35. The van der Waals surface area contributed by atoms with Gasteiger partial charge in [0.2, 0.25) is 0 Å². The molecule has 0 aliphatic heterocycles. The zero-order valence-corrected chi connectivity index (χ0v) is 28.7. The Hall–Kier alpha value is -4.37. The molecule has 1 aromatic carbocycles. The zero-order chi connectivity index (χ0) is 34.4. The van der Waals surface area contributed by atoms with Gasteiger partial charge in [-0.1, -0.05) is 36.9 Å². The van der Waals surface area contributed by atoms with Gasteiger partial charge < -0.3 is 24.7 Å². The number of amides is 1. The van der Waals surface area contributed by atoms with Gasteiger partial charge in [-0.05, 0) is 83.5 Å². The molecule has 48 heavy (non-hydrogen) atoms. The number of carbonyl (C=O) groups is 3. The molecule has 3 aromatic rings. The number of H-pyrrole nitrogens is 1. The lowest BCUT2D eigenvalue weighted by atomic mass is 9.83. The van der Waals surface area contributed by atoms with Crippen molar-refractivity contribution in [3.63, 3.8) is 0 Å². The fraction of sp³-hybridized carbons (Fsp3) is 0.314. The van der Waals surface area contributed by atoms with E-state index in [1.54, 1.807) is 48.9 Å². The molecule has 1 unspecified atom stereocenters. The van der Waals surface area contributed by atoms with Crippen LogP contribution in [0.1, 0.15) is 36.2 Å². The summed E-state index contributed by atoms with van der Waals surface area (Å²) in [5.74, 6) is 10.8. The molecule has 2 aromatic heterocycles. The van der Waals surface area contributed by atoms with Gasteiger partial charge in [0, 0.05) is 53.3 Å². The lowest BCUT2D eigenvalue weighted by Crippen LogP contribution is -2.32. The number of ketones is 2. The minimum absolute atomic E-state index is 0.0983. The minimum Gasteiger partial charge on any atom is -0.508 e. The third kappa shape index (κ3) is 8.19. The SMILES string of the molecule is COC(=O)NC1=C2C#C/C=C\C#C[C@H](OCCCCC(=O)c3nccc4c3[nH]c3ccc(O)cc34)C2/C(=C\CS(C)(=S)=S)[C@@H](O)CC1=O. The number of rotatable bonds is 10. The minimum atomic E-state index is -1.85. The summed E-state index contributed by atoms with van der Waals surface area (Å²) in [5, 5.41) is 25.3. The number of unbranched alkanes of at least 4 members (excludes halogenated alkanes) is 1. The first-order valence-corrected chi connectivity index (χ1v) is 19.1. The Morgan fingerprint density at radius 2 is 1.98 bits per heavy atom. The molecule has 10 nitrogen and oxygen atoms in total. The summed E-state index contributed by atoms with van der Waals surface area (Å²) in [6.07, 6.45) is 6.08. The van der Waals surface area contributed by atoms with Gasteiger partial charge in [0.25, 0.3) is 0 Å². The number of hydrogen-bond acceptors (Lipinski definition) is 10. The number of phenolic OH excluding ortho intramolecular Hbond substituents is 1. The van der Waals surface area contributed by atoms with Gasteiger partial charge in [0.1, 0.15) is 17.5 Å². The maximum Gasteiger partial charge on any atom is 0.411 e. The van der Waals surface area contributed by atoms with Gasteiger partial charge in [-0.2, -0.15) is 0 Å². The van der Waals surface area contributed by atoms with E-state index in [-0.39, 0.29) is 42.3 Å². The van der Waals surface area contributed by atoms with Crippen LogP contribution in [-0.2, 0) is 43.8 Å². The van der Waals surface area contributed by atoms with Crippen molar-refractivity contribution < 1.29 is 34.1 Å². The lowest BCUT2D eigenvalue weighted by molar-refractivity contribution is -0.117. The number of nitrogens with zero attached hydrogens (tertiary/aromatic N) is 1. The number of ether oxygens (including phenoxy) is 2. The maximum absolute atomic E-state index is 13.3. The van der Waals surface area contributed by atoms with Crippen LogP contribution in [0.4, 0.5) is 4.79 Å². The van der Waals surface area contributed by atoms with Crippen molar-refractivity contribution in [1.29, 1.82) is 0 Å². The normalized spacial score (nSPS) is 20.8. The first kappa shape index (κ1) is 35.0. The van der Waals surface area contributed by atoms with Crippen LogP contribution in [-0.4, -0.2) is 75.8 Å². The number of allylic oxidation sites excluding steroid dienone is 3. The molecule has 248 valence electrons. The molecular weight excluding hydrogens is 671 g/mol. The summed E-state index contributed by atoms with van der Waals surface area (Å²) in [7, 11) is -0.675. The van der Waals surface area contributed by atoms with Crippen LogP contribution in [0.15, 0.2) is 65.5 Å².